The van der Waals surface area contributed by atoms with Crippen LogP contribution >= 0.6 is 11.6 Å². The van der Waals surface area contributed by atoms with Crippen molar-refractivity contribution in [2.24, 2.45) is 5.92 Å². The van der Waals surface area contributed by atoms with Gasteiger partial charge in [0.05, 0.1) is 24.9 Å². The molecule has 132 valence electrons. The van der Waals surface area contributed by atoms with Crippen molar-refractivity contribution in [2.75, 3.05) is 19.5 Å². The quantitative estimate of drug-likeness (QED) is 0.823. The number of nitrogens with one attached hydrogen (secondary N) is 2. The second-order valence-electron chi connectivity index (χ2n) is 5.90. The minimum absolute atomic E-state index is 0.147. The van der Waals surface area contributed by atoms with Crippen LogP contribution in [-0.4, -0.2) is 32.1 Å². The van der Waals surface area contributed by atoms with Crippen LogP contribution in [0.4, 0.5) is 5.69 Å². The Balaban J connectivity index is 2.22. The lowest BCUT2D eigenvalue weighted by molar-refractivity contribution is -0.126. The lowest BCUT2D eigenvalue weighted by Crippen LogP contribution is -2.47. The third kappa shape index (κ3) is 4.32. The molecule has 7 heteroatoms. The first-order valence-corrected chi connectivity index (χ1v) is 8.33. The third-order valence-electron chi connectivity index (χ3n) is 4.24. The van der Waals surface area contributed by atoms with Gasteiger partial charge >= 0.3 is 0 Å². The molecular weight excluding hydrogens is 332 g/mol. The van der Waals surface area contributed by atoms with E-state index >= 15 is 0 Å². The number of carbonyl (C=O) groups is 2. The Kier molecular flexibility index (Phi) is 6.31. The maximum atomic E-state index is 12.7. The summed E-state index contributed by atoms with van der Waals surface area (Å²) < 4.78 is 10.4. The van der Waals surface area contributed by atoms with E-state index in [0.717, 1.165) is 25.7 Å². The second kappa shape index (κ2) is 8.24. The van der Waals surface area contributed by atoms with Gasteiger partial charge in [0.2, 0.25) is 11.8 Å². The van der Waals surface area contributed by atoms with E-state index < -0.39 is 6.04 Å². The Morgan fingerprint density at radius 3 is 2.33 bits per heavy atom. The van der Waals surface area contributed by atoms with E-state index in [4.69, 9.17) is 21.1 Å². The topological polar surface area (TPSA) is 76.7 Å². The third-order valence-corrected chi connectivity index (χ3v) is 4.54. The van der Waals surface area contributed by atoms with E-state index in [1.807, 2.05) is 0 Å². The number of carbonyl (C=O) groups excluding carboxylic acids is 2. The average molecular weight is 355 g/mol. The van der Waals surface area contributed by atoms with Crippen LogP contribution in [0.3, 0.4) is 0 Å². The summed E-state index contributed by atoms with van der Waals surface area (Å²) in [5.74, 6) is 0.561. The number of hydrogen-bond donors (Lipinski definition) is 2. The monoisotopic (exact) mass is 354 g/mol. The largest absolute Gasteiger partial charge is 0.495 e. The summed E-state index contributed by atoms with van der Waals surface area (Å²) in [7, 11) is 3.01. The zero-order valence-electron chi connectivity index (χ0n) is 14.1. The van der Waals surface area contributed by atoms with Crippen LogP contribution < -0.4 is 20.1 Å². The van der Waals surface area contributed by atoms with E-state index in [1.54, 1.807) is 12.1 Å². The van der Waals surface area contributed by atoms with Crippen molar-refractivity contribution in [2.45, 2.75) is 38.6 Å². The molecule has 0 heterocycles. The van der Waals surface area contributed by atoms with Gasteiger partial charge in [-0.15, -0.1) is 0 Å². The Morgan fingerprint density at radius 2 is 1.79 bits per heavy atom. The minimum atomic E-state index is -0.560. The van der Waals surface area contributed by atoms with Crippen molar-refractivity contribution in [3.05, 3.63) is 17.2 Å². The summed E-state index contributed by atoms with van der Waals surface area (Å²) in [4.78, 5) is 24.2. The summed E-state index contributed by atoms with van der Waals surface area (Å²) in [6.07, 6.45) is 4.01. The van der Waals surface area contributed by atoms with Crippen LogP contribution in [0.25, 0.3) is 0 Å². The standard InChI is InChI=1S/C17H23ClN2O4/c1-10(21)19-16(11-6-4-5-7-11)17(22)20-13-8-12(18)14(23-2)9-15(13)24-3/h8-9,11,16H,4-7H2,1-3H3,(H,19,21)(H,20,22)/t16-/m0/s1. The number of benzene rings is 1. The molecule has 1 aromatic carbocycles. The zero-order valence-corrected chi connectivity index (χ0v) is 14.9. The molecular formula is C17H23ClN2O4. The summed E-state index contributed by atoms with van der Waals surface area (Å²) in [5, 5.41) is 5.95. The summed E-state index contributed by atoms with van der Waals surface area (Å²) in [6.45, 7) is 1.42. The van der Waals surface area contributed by atoms with Crippen LogP contribution in [0.15, 0.2) is 12.1 Å². The molecule has 1 atom stereocenters. The van der Waals surface area contributed by atoms with Crippen molar-refractivity contribution in [3.63, 3.8) is 0 Å². The first-order valence-electron chi connectivity index (χ1n) is 7.95. The van der Waals surface area contributed by atoms with Gasteiger partial charge in [-0.05, 0) is 24.8 Å². The van der Waals surface area contributed by atoms with Crippen molar-refractivity contribution >= 4 is 29.1 Å². The average Bonchev–Trinajstić information content (AvgIpc) is 3.06. The highest BCUT2D eigenvalue weighted by Crippen LogP contribution is 2.36. The highest BCUT2D eigenvalue weighted by molar-refractivity contribution is 6.32. The summed E-state index contributed by atoms with van der Waals surface area (Å²) >= 11 is 6.13. The summed E-state index contributed by atoms with van der Waals surface area (Å²) in [6, 6.07) is 2.63. The van der Waals surface area contributed by atoms with Gasteiger partial charge in [0, 0.05) is 13.0 Å². The molecule has 1 aliphatic rings. The SMILES string of the molecule is COc1cc(OC)c(NC(=O)[C@@H](NC(C)=O)C2CCCC2)cc1Cl. The molecule has 0 unspecified atom stereocenters. The fourth-order valence-corrected chi connectivity index (χ4v) is 3.32. The predicted molar refractivity (Wildman–Crippen MR) is 92.7 cm³/mol. The molecule has 24 heavy (non-hydrogen) atoms. The van der Waals surface area contributed by atoms with E-state index in [2.05, 4.69) is 10.6 Å². The molecule has 0 saturated heterocycles. The molecule has 6 nitrogen and oxygen atoms in total. The molecule has 2 rings (SSSR count). The van der Waals surface area contributed by atoms with Gasteiger partial charge in [0.25, 0.3) is 0 Å². The Labute approximate surface area is 146 Å². The van der Waals surface area contributed by atoms with Gasteiger partial charge in [0.15, 0.2) is 0 Å². The highest BCUT2D eigenvalue weighted by atomic mass is 35.5. The van der Waals surface area contributed by atoms with Gasteiger partial charge in [-0.25, -0.2) is 0 Å². The van der Waals surface area contributed by atoms with Crippen LogP contribution in [-0.2, 0) is 9.59 Å². The number of halogens is 1. The number of ether oxygens (including phenoxy) is 2. The molecule has 1 aliphatic carbocycles. The number of rotatable bonds is 6. The van der Waals surface area contributed by atoms with Crippen molar-refractivity contribution in [1.82, 2.24) is 5.32 Å². The number of amides is 2. The minimum Gasteiger partial charge on any atom is -0.495 e. The molecule has 0 spiro atoms. The lowest BCUT2D eigenvalue weighted by atomic mass is 9.97. The van der Waals surface area contributed by atoms with Gasteiger partial charge < -0.3 is 20.1 Å². The zero-order chi connectivity index (χ0) is 17.7. The molecule has 1 fully saturated rings. The molecule has 2 N–H and O–H groups in total. The molecule has 0 aromatic heterocycles. The number of methoxy groups -OCH3 is 2. The van der Waals surface area contributed by atoms with Crippen molar-refractivity contribution < 1.29 is 19.1 Å². The van der Waals surface area contributed by atoms with Crippen LogP contribution in [0.5, 0.6) is 11.5 Å². The predicted octanol–water partition coefficient (Wildman–Crippen LogP) is 2.99. The van der Waals surface area contributed by atoms with E-state index in [1.165, 1.54) is 21.1 Å². The Morgan fingerprint density at radius 1 is 1.17 bits per heavy atom. The first kappa shape index (κ1) is 18.4. The number of anilines is 1. The maximum absolute atomic E-state index is 12.7. The van der Waals surface area contributed by atoms with Crippen LogP contribution in [0.2, 0.25) is 5.02 Å². The van der Waals surface area contributed by atoms with Crippen molar-refractivity contribution in [3.8, 4) is 11.5 Å². The van der Waals surface area contributed by atoms with E-state index in [-0.39, 0.29) is 17.7 Å². The fourth-order valence-electron chi connectivity index (χ4n) is 3.08. The molecule has 0 aliphatic heterocycles. The highest BCUT2D eigenvalue weighted by Gasteiger charge is 2.31. The van der Waals surface area contributed by atoms with Gasteiger partial charge in [0.1, 0.15) is 17.5 Å². The Hall–Kier alpha value is -1.95. The number of hydrogen-bond acceptors (Lipinski definition) is 4. The molecule has 1 aromatic rings. The molecule has 2 amide bonds. The van der Waals surface area contributed by atoms with Crippen LogP contribution in [0.1, 0.15) is 32.6 Å². The molecule has 1 saturated carbocycles. The van der Waals surface area contributed by atoms with Gasteiger partial charge in [-0.3, -0.25) is 9.59 Å². The van der Waals surface area contributed by atoms with Crippen LogP contribution in [0, 0.1) is 5.92 Å². The Bertz CT molecular complexity index is 615. The fraction of sp³-hybridized carbons (Fsp3) is 0.529. The molecule has 0 radical (unpaired) electrons. The first-order chi connectivity index (χ1) is 11.5. The normalized spacial score (nSPS) is 15.7. The van der Waals surface area contributed by atoms with E-state index in [9.17, 15) is 9.59 Å². The van der Waals surface area contributed by atoms with Gasteiger partial charge in [-0.2, -0.15) is 0 Å². The van der Waals surface area contributed by atoms with Gasteiger partial charge in [-0.1, -0.05) is 24.4 Å². The summed E-state index contributed by atoms with van der Waals surface area (Å²) in [5.41, 5.74) is 0.446. The van der Waals surface area contributed by atoms with E-state index in [0.29, 0.717) is 22.2 Å². The van der Waals surface area contributed by atoms with Crippen molar-refractivity contribution in [1.29, 1.82) is 0 Å². The lowest BCUT2D eigenvalue weighted by Gasteiger charge is -2.24. The second-order valence-corrected chi connectivity index (χ2v) is 6.31. The maximum Gasteiger partial charge on any atom is 0.247 e. The molecule has 0 bridgehead atoms. The smallest absolute Gasteiger partial charge is 0.247 e.